The lowest BCUT2D eigenvalue weighted by Gasteiger charge is -2.12. The number of carbonyl (C=O) groups excluding carboxylic acids is 1. The van der Waals surface area contributed by atoms with Crippen molar-refractivity contribution in [2.45, 2.75) is 26.2 Å². The van der Waals surface area contributed by atoms with Crippen LogP contribution >= 0.6 is 0 Å². The van der Waals surface area contributed by atoms with E-state index in [1.165, 1.54) is 6.07 Å². The van der Waals surface area contributed by atoms with Crippen LogP contribution in [0.5, 0.6) is 0 Å². The lowest BCUT2D eigenvalue weighted by molar-refractivity contribution is -0.137. The smallest absolute Gasteiger partial charge is 0.338 e. The van der Waals surface area contributed by atoms with Crippen LogP contribution in [-0.4, -0.2) is 34.7 Å². The van der Waals surface area contributed by atoms with Crippen LogP contribution in [0.4, 0.5) is 0 Å². The fourth-order valence-corrected chi connectivity index (χ4v) is 1.87. The van der Waals surface area contributed by atoms with Crippen molar-refractivity contribution in [1.29, 1.82) is 0 Å². The van der Waals surface area contributed by atoms with Crippen molar-refractivity contribution < 1.29 is 29.3 Å². The summed E-state index contributed by atoms with van der Waals surface area (Å²) >= 11 is 0. The Morgan fingerprint density at radius 2 is 1.85 bits per heavy atom. The fourth-order valence-electron chi connectivity index (χ4n) is 1.87. The number of rotatable bonds is 7. The van der Waals surface area contributed by atoms with Crippen molar-refractivity contribution in [2.24, 2.45) is 0 Å². The molecule has 0 saturated heterocycles. The van der Waals surface area contributed by atoms with E-state index in [0.29, 0.717) is 11.1 Å². The van der Waals surface area contributed by atoms with Crippen molar-refractivity contribution in [3.8, 4) is 0 Å². The molecule has 0 fully saturated rings. The second-order valence-electron chi connectivity index (χ2n) is 4.13. The molecule has 2 N–H and O–H groups in total. The first-order chi connectivity index (χ1) is 9.45. The molecule has 0 aliphatic rings. The number of carboxylic acid groups (broad SMARTS) is 2. The minimum absolute atomic E-state index is 0.126. The first-order valence-electron chi connectivity index (χ1n) is 6.17. The molecule has 0 heterocycles. The van der Waals surface area contributed by atoms with E-state index in [0.717, 1.165) is 0 Å². The summed E-state index contributed by atoms with van der Waals surface area (Å²) in [5.41, 5.74) is 1.04. The topological polar surface area (TPSA) is 101 Å². The van der Waals surface area contributed by atoms with Gasteiger partial charge in [-0.05, 0) is 30.5 Å². The number of aryl methyl sites for hydroxylation is 1. The molecule has 1 aromatic carbocycles. The number of hydrogen-bond donors (Lipinski definition) is 2. The molecule has 20 heavy (non-hydrogen) atoms. The zero-order valence-corrected chi connectivity index (χ0v) is 11.1. The quantitative estimate of drug-likeness (QED) is 0.734. The Labute approximate surface area is 116 Å². The van der Waals surface area contributed by atoms with Gasteiger partial charge in [-0.3, -0.25) is 9.59 Å². The van der Waals surface area contributed by atoms with Gasteiger partial charge in [-0.2, -0.15) is 0 Å². The molecular formula is C14H16O6. The molecule has 108 valence electrons. The van der Waals surface area contributed by atoms with E-state index in [2.05, 4.69) is 0 Å². The summed E-state index contributed by atoms with van der Waals surface area (Å²) in [6.45, 7) is 1.84. The third-order valence-electron chi connectivity index (χ3n) is 2.70. The van der Waals surface area contributed by atoms with Gasteiger partial charge < -0.3 is 14.9 Å². The van der Waals surface area contributed by atoms with E-state index in [4.69, 9.17) is 14.9 Å². The van der Waals surface area contributed by atoms with Crippen molar-refractivity contribution in [3.63, 3.8) is 0 Å². The Hall–Kier alpha value is -2.37. The van der Waals surface area contributed by atoms with Crippen LogP contribution in [0.15, 0.2) is 18.2 Å². The Morgan fingerprint density at radius 3 is 2.40 bits per heavy atom. The van der Waals surface area contributed by atoms with Crippen molar-refractivity contribution in [3.05, 3.63) is 34.9 Å². The average Bonchev–Trinajstić information content (AvgIpc) is 2.36. The number of carboxylic acids is 2. The van der Waals surface area contributed by atoms with Gasteiger partial charge in [-0.15, -0.1) is 0 Å². The van der Waals surface area contributed by atoms with Crippen LogP contribution in [-0.2, 0) is 27.2 Å². The van der Waals surface area contributed by atoms with Gasteiger partial charge in [-0.25, -0.2) is 4.79 Å². The highest BCUT2D eigenvalue weighted by Gasteiger charge is 2.18. The summed E-state index contributed by atoms with van der Waals surface area (Å²) in [5.74, 6) is -2.66. The predicted octanol–water partition coefficient (Wildman–Crippen LogP) is 1.51. The SMILES string of the molecule is CCOC(=O)c1cccc(CCC(=O)O)c1CC(=O)O. The van der Waals surface area contributed by atoms with E-state index in [1.807, 2.05) is 0 Å². The Balaban J connectivity index is 3.15. The van der Waals surface area contributed by atoms with Gasteiger partial charge in [-0.1, -0.05) is 12.1 Å². The minimum Gasteiger partial charge on any atom is -0.481 e. The first kappa shape index (κ1) is 15.7. The molecule has 0 aromatic heterocycles. The summed E-state index contributed by atoms with van der Waals surface area (Å²) in [5, 5.41) is 17.6. The largest absolute Gasteiger partial charge is 0.481 e. The van der Waals surface area contributed by atoms with Gasteiger partial charge >= 0.3 is 17.9 Å². The first-order valence-corrected chi connectivity index (χ1v) is 6.17. The van der Waals surface area contributed by atoms with Gasteiger partial charge in [0.25, 0.3) is 0 Å². The van der Waals surface area contributed by atoms with Gasteiger partial charge in [0.05, 0.1) is 18.6 Å². The van der Waals surface area contributed by atoms with Gasteiger partial charge in [0.15, 0.2) is 0 Å². The van der Waals surface area contributed by atoms with Crippen molar-refractivity contribution in [1.82, 2.24) is 0 Å². The fraction of sp³-hybridized carbons (Fsp3) is 0.357. The zero-order chi connectivity index (χ0) is 15.1. The van der Waals surface area contributed by atoms with Crippen LogP contribution in [0.25, 0.3) is 0 Å². The number of ether oxygens (including phenoxy) is 1. The van der Waals surface area contributed by atoms with Crippen molar-refractivity contribution in [2.75, 3.05) is 6.61 Å². The molecule has 0 unspecified atom stereocenters. The summed E-state index contributed by atoms with van der Waals surface area (Å²) in [6.07, 6.45) is -0.298. The molecule has 0 amide bonds. The molecule has 0 saturated carbocycles. The molecule has 1 rings (SSSR count). The summed E-state index contributed by atoms with van der Waals surface area (Å²) in [4.78, 5) is 33.3. The summed E-state index contributed by atoms with van der Waals surface area (Å²) in [7, 11) is 0. The monoisotopic (exact) mass is 280 g/mol. The zero-order valence-electron chi connectivity index (χ0n) is 11.1. The highest BCUT2D eigenvalue weighted by Crippen LogP contribution is 2.19. The highest BCUT2D eigenvalue weighted by atomic mass is 16.5. The van der Waals surface area contributed by atoms with Crippen LogP contribution in [0.3, 0.4) is 0 Å². The molecule has 0 spiro atoms. The number of aliphatic carboxylic acids is 2. The molecule has 0 radical (unpaired) electrons. The summed E-state index contributed by atoms with van der Waals surface area (Å²) in [6, 6.07) is 4.71. The Bertz CT molecular complexity index is 520. The van der Waals surface area contributed by atoms with Gasteiger partial charge in [0.1, 0.15) is 0 Å². The van der Waals surface area contributed by atoms with E-state index in [-0.39, 0.29) is 31.4 Å². The average molecular weight is 280 g/mol. The third-order valence-corrected chi connectivity index (χ3v) is 2.70. The third kappa shape index (κ3) is 4.38. The maximum atomic E-state index is 11.8. The van der Waals surface area contributed by atoms with Gasteiger partial charge in [0.2, 0.25) is 0 Å². The van der Waals surface area contributed by atoms with E-state index < -0.39 is 17.9 Å². The van der Waals surface area contributed by atoms with E-state index in [1.54, 1.807) is 19.1 Å². The lowest BCUT2D eigenvalue weighted by atomic mass is 9.95. The number of hydrogen-bond acceptors (Lipinski definition) is 4. The van der Waals surface area contributed by atoms with E-state index in [9.17, 15) is 14.4 Å². The summed E-state index contributed by atoms with van der Waals surface area (Å²) < 4.78 is 4.88. The molecular weight excluding hydrogens is 264 g/mol. The Kier molecular flexibility index (Phi) is 5.71. The van der Waals surface area contributed by atoms with E-state index >= 15 is 0 Å². The maximum absolute atomic E-state index is 11.8. The number of carbonyl (C=O) groups is 3. The van der Waals surface area contributed by atoms with Crippen LogP contribution in [0.1, 0.15) is 34.8 Å². The molecule has 0 aliphatic heterocycles. The number of esters is 1. The molecule has 1 aromatic rings. The highest BCUT2D eigenvalue weighted by molar-refractivity contribution is 5.93. The Morgan fingerprint density at radius 1 is 1.15 bits per heavy atom. The molecule has 0 atom stereocenters. The second-order valence-corrected chi connectivity index (χ2v) is 4.13. The van der Waals surface area contributed by atoms with Crippen LogP contribution < -0.4 is 0 Å². The second kappa shape index (κ2) is 7.28. The van der Waals surface area contributed by atoms with Crippen molar-refractivity contribution >= 4 is 17.9 Å². The predicted molar refractivity (Wildman–Crippen MR) is 69.7 cm³/mol. The standard InChI is InChI=1S/C14H16O6/c1-2-20-14(19)10-5-3-4-9(6-7-12(15)16)11(10)8-13(17)18/h3-5H,2,6-8H2,1H3,(H,15,16)(H,17,18). The lowest BCUT2D eigenvalue weighted by Crippen LogP contribution is -2.14. The molecule has 0 aliphatic carbocycles. The molecule has 6 heteroatoms. The normalized spacial score (nSPS) is 10.1. The van der Waals surface area contributed by atoms with Gasteiger partial charge in [0, 0.05) is 6.42 Å². The van der Waals surface area contributed by atoms with Crippen LogP contribution in [0.2, 0.25) is 0 Å². The molecule has 6 nitrogen and oxygen atoms in total. The number of benzene rings is 1. The van der Waals surface area contributed by atoms with Crippen LogP contribution in [0, 0.1) is 0 Å². The maximum Gasteiger partial charge on any atom is 0.338 e. The molecule has 0 bridgehead atoms. The minimum atomic E-state index is -1.08.